The van der Waals surface area contributed by atoms with Gasteiger partial charge in [-0.15, -0.1) is 0 Å². The minimum atomic E-state index is -0.383. The smallest absolute Gasteiger partial charge is 0.258 e. The lowest BCUT2D eigenvalue weighted by atomic mass is 10.1. The summed E-state index contributed by atoms with van der Waals surface area (Å²) in [4.78, 5) is 43.3. The van der Waals surface area contributed by atoms with E-state index in [4.69, 9.17) is 0 Å². The van der Waals surface area contributed by atoms with Crippen LogP contribution in [0.4, 0.5) is 5.95 Å². The summed E-state index contributed by atoms with van der Waals surface area (Å²) >= 11 is 0. The van der Waals surface area contributed by atoms with E-state index in [0.717, 1.165) is 30.3 Å². The van der Waals surface area contributed by atoms with E-state index in [9.17, 15) is 14.4 Å². The zero-order valence-electron chi connectivity index (χ0n) is 17.5. The van der Waals surface area contributed by atoms with Gasteiger partial charge in [0, 0.05) is 44.0 Å². The predicted octanol–water partition coefficient (Wildman–Crippen LogP) is 2.73. The molecular weight excluding hydrogens is 394 g/mol. The first-order chi connectivity index (χ1) is 15.0. The van der Waals surface area contributed by atoms with E-state index < -0.39 is 0 Å². The molecule has 1 N–H and O–H groups in total. The van der Waals surface area contributed by atoms with Crippen LogP contribution in [-0.4, -0.2) is 43.9 Å². The van der Waals surface area contributed by atoms with E-state index in [0.29, 0.717) is 19.0 Å². The number of aromatic nitrogens is 3. The number of amides is 2. The molecule has 0 unspecified atom stereocenters. The fourth-order valence-electron chi connectivity index (χ4n) is 4.05. The number of nitrogens with zero attached hydrogens (tertiary/aromatic N) is 4. The van der Waals surface area contributed by atoms with E-state index >= 15 is 0 Å². The van der Waals surface area contributed by atoms with Crippen molar-refractivity contribution < 1.29 is 9.59 Å². The Morgan fingerprint density at radius 3 is 2.77 bits per heavy atom. The summed E-state index contributed by atoms with van der Waals surface area (Å²) in [5.74, 6) is 0.00189. The summed E-state index contributed by atoms with van der Waals surface area (Å²) in [6, 6.07) is 10.7. The van der Waals surface area contributed by atoms with Gasteiger partial charge >= 0.3 is 0 Å². The number of hydrogen-bond acceptors (Lipinski definition) is 4. The van der Waals surface area contributed by atoms with Gasteiger partial charge in [-0.3, -0.25) is 19.7 Å². The molecule has 8 nitrogen and oxygen atoms in total. The number of pyridine rings is 1. The molecule has 4 rings (SSSR count). The van der Waals surface area contributed by atoms with Gasteiger partial charge in [0.05, 0.1) is 11.0 Å². The van der Waals surface area contributed by atoms with Crippen LogP contribution in [0.15, 0.2) is 60.0 Å². The predicted molar refractivity (Wildman–Crippen MR) is 119 cm³/mol. The van der Waals surface area contributed by atoms with Gasteiger partial charge in [0.2, 0.25) is 11.9 Å². The quantitative estimate of drug-likeness (QED) is 0.659. The monoisotopic (exact) mass is 419 g/mol. The van der Waals surface area contributed by atoms with Crippen molar-refractivity contribution in [2.24, 2.45) is 7.05 Å². The number of imidazole rings is 1. The van der Waals surface area contributed by atoms with Gasteiger partial charge in [0.15, 0.2) is 0 Å². The Morgan fingerprint density at radius 2 is 2.00 bits per heavy atom. The van der Waals surface area contributed by atoms with Crippen LogP contribution in [0.25, 0.3) is 11.0 Å². The van der Waals surface area contributed by atoms with Crippen LogP contribution in [0.5, 0.6) is 0 Å². The Morgan fingerprint density at radius 1 is 1.19 bits per heavy atom. The van der Waals surface area contributed by atoms with Crippen molar-refractivity contribution in [2.75, 3.05) is 18.4 Å². The normalized spacial score (nSPS) is 16.7. The average Bonchev–Trinajstić information content (AvgIpc) is 2.95. The number of aryl methyl sites for hydroxylation is 1. The third kappa shape index (κ3) is 4.14. The first-order valence-corrected chi connectivity index (χ1v) is 10.3. The highest BCUT2D eigenvalue weighted by molar-refractivity contribution is 6.04. The molecule has 0 aliphatic carbocycles. The van der Waals surface area contributed by atoms with Gasteiger partial charge in [-0.2, -0.15) is 0 Å². The Bertz CT molecular complexity index is 1210. The van der Waals surface area contributed by atoms with Crippen LogP contribution in [0, 0.1) is 0 Å². The maximum Gasteiger partial charge on any atom is 0.258 e. The van der Waals surface area contributed by atoms with Gasteiger partial charge < -0.3 is 14.0 Å². The van der Waals surface area contributed by atoms with Gasteiger partial charge in [0.25, 0.3) is 11.5 Å². The summed E-state index contributed by atoms with van der Waals surface area (Å²) < 4.78 is 3.46. The largest absolute Gasteiger partial charge is 0.339 e. The van der Waals surface area contributed by atoms with Crippen molar-refractivity contribution in [2.45, 2.75) is 25.3 Å². The maximum atomic E-state index is 12.9. The molecule has 31 heavy (non-hydrogen) atoms. The zero-order valence-corrected chi connectivity index (χ0v) is 17.5. The highest BCUT2D eigenvalue weighted by Crippen LogP contribution is 2.31. The molecule has 1 aromatic carbocycles. The lowest BCUT2D eigenvalue weighted by Crippen LogP contribution is -2.30. The standard InChI is InChI=1S/C23H25N5O3/c1-3-20(29)27-12-6-7-17(11-14-27)28-19-9-5-4-8-18(19)24-23(28)25-22(31)16-10-13-26(2)21(30)15-16/h3-5,8-10,13,15,17H,1,6-7,11-12,14H2,2H3,(H,24,25,31)/t17-/m1/s1. The van der Waals surface area contributed by atoms with Crippen LogP contribution in [0.1, 0.15) is 35.7 Å². The van der Waals surface area contributed by atoms with E-state index in [-0.39, 0.29) is 29.0 Å². The number of para-hydroxylation sites is 2. The van der Waals surface area contributed by atoms with E-state index in [1.807, 2.05) is 29.2 Å². The molecule has 2 aromatic heterocycles. The number of likely N-dealkylation sites (tertiary alicyclic amines) is 1. The molecule has 0 saturated carbocycles. The Hall–Kier alpha value is -3.68. The molecule has 1 aliphatic rings. The van der Waals surface area contributed by atoms with Crippen LogP contribution in [-0.2, 0) is 11.8 Å². The summed E-state index contributed by atoms with van der Waals surface area (Å²) in [6.07, 6.45) is 5.36. The molecular formula is C23H25N5O3. The van der Waals surface area contributed by atoms with E-state index in [1.54, 1.807) is 19.3 Å². The number of anilines is 1. The molecule has 8 heteroatoms. The second-order valence-electron chi connectivity index (χ2n) is 7.73. The van der Waals surface area contributed by atoms with Gasteiger partial charge in [-0.25, -0.2) is 4.98 Å². The molecule has 0 bridgehead atoms. The number of nitrogens with one attached hydrogen (secondary N) is 1. The van der Waals surface area contributed by atoms with E-state index in [2.05, 4.69) is 21.4 Å². The summed E-state index contributed by atoms with van der Waals surface area (Å²) in [5, 5.41) is 2.89. The number of rotatable bonds is 4. The maximum absolute atomic E-state index is 12.9. The van der Waals surface area contributed by atoms with Crippen molar-refractivity contribution >= 4 is 28.8 Å². The number of fused-ring (bicyclic) bond motifs is 1. The molecule has 1 saturated heterocycles. The molecule has 1 fully saturated rings. The van der Waals surface area contributed by atoms with Crippen molar-refractivity contribution in [3.8, 4) is 0 Å². The molecule has 3 aromatic rings. The lowest BCUT2D eigenvalue weighted by molar-refractivity contribution is -0.125. The van der Waals surface area contributed by atoms with Crippen LogP contribution in [0.2, 0.25) is 0 Å². The highest BCUT2D eigenvalue weighted by atomic mass is 16.2. The van der Waals surface area contributed by atoms with Crippen LogP contribution < -0.4 is 10.9 Å². The Labute approximate surface area is 179 Å². The number of carbonyl (C=O) groups is 2. The fraction of sp³-hybridized carbons (Fsp3) is 0.304. The van der Waals surface area contributed by atoms with Crippen LogP contribution in [0.3, 0.4) is 0 Å². The first-order valence-electron chi connectivity index (χ1n) is 10.3. The molecule has 1 atom stereocenters. The zero-order chi connectivity index (χ0) is 22.0. The molecule has 1 aliphatic heterocycles. The molecule has 160 valence electrons. The molecule has 0 radical (unpaired) electrons. The van der Waals surface area contributed by atoms with Gasteiger partial charge in [0.1, 0.15) is 0 Å². The highest BCUT2D eigenvalue weighted by Gasteiger charge is 2.25. The third-order valence-corrected chi connectivity index (χ3v) is 5.74. The number of carbonyl (C=O) groups excluding carboxylic acids is 2. The van der Waals surface area contributed by atoms with Crippen molar-refractivity contribution in [1.82, 2.24) is 19.0 Å². The minimum Gasteiger partial charge on any atom is -0.339 e. The van der Waals surface area contributed by atoms with Crippen LogP contribution >= 0.6 is 0 Å². The third-order valence-electron chi connectivity index (χ3n) is 5.74. The van der Waals surface area contributed by atoms with E-state index in [1.165, 1.54) is 16.7 Å². The Balaban J connectivity index is 1.67. The minimum absolute atomic E-state index is 0.0599. The topological polar surface area (TPSA) is 89.2 Å². The molecule has 3 heterocycles. The van der Waals surface area contributed by atoms with Gasteiger partial charge in [-0.05, 0) is 43.5 Å². The molecule has 2 amide bonds. The first kappa shape index (κ1) is 20.6. The lowest BCUT2D eigenvalue weighted by Gasteiger charge is -2.21. The summed E-state index contributed by atoms with van der Waals surface area (Å²) in [6.45, 7) is 4.88. The molecule has 0 spiro atoms. The fourth-order valence-corrected chi connectivity index (χ4v) is 4.05. The summed E-state index contributed by atoms with van der Waals surface area (Å²) in [7, 11) is 1.63. The van der Waals surface area contributed by atoms with Gasteiger partial charge in [-0.1, -0.05) is 18.7 Å². The SMILES string of the molecule is C=CC(=O)N1CCC[C@@H](n2c(NC(=O)c3ccn(C)c(=O)c3)nc3ccccc32)CC1. The number of benzene rings is 1. The van der Waals surface area contributed by atoms with Crippen molar-refractivity contribution in [1.29, 1.82) is 0 Å². The van der Waals surface area contributed by atoms with Crippen molar-refractivity contribution in [3.63, 3.8) is 0 Å². The second-order valence-corrected chi connectivity index (χ2v) is 7.73. The Kier molecular flexibility index (Phi) is 5.70. The summed E-state index contributed by atoms with van der Waals surface area (Å²) in [5.41, 5.74) is 1.74. The van der Waals surface area contributed by atoms with Crippen molar-refractivity contribution in [3.05, 3.63) is 71.2 Å². The number of hydrogen-bond donors (Lipinski definition) is 1. The second kappa shape index (κ2) is 8.59. The average molecular weight is 419 g/mol.